The molecule has 5 heteroatoms. The lowest BCUT2D eigenvalue weighted by Crippen LogP contribution is -2.32. The summed E-state index contributed by atoms with van der Waals surface area (Å²) in [6.45, 7) is 0.417. The van der Waals surface area contributed by atoms with Crippen molar-refractivity contribution in [2.45, 2.75) is 25.7 Å². The van der Waals surface area contributed by atoms with E-state index in [0.717, 1.165) is 12.8 Å². The number of fused-ring (bicyclic) bond motifs is 1. The number of methoxy groups -OCH3 is 1. The quantitative estimate of drug-likeness (QED) is 0.794. The molecule has 5 nitrogen and oxygen atoms in total. The molecule has 0 N–H and O–H groups in total. The van der Waals surface area contributed by atoms with E-state index in [1.54, 1.807) is 18.2 Å². The second-order valence-corrected chi connectivity index (χ2v) is 5.51. The van der Waals surface area contributed by atoms with Crippen LogP contribution < -0.4 is 9.64 Å². The van der Waals surface area contributed by atoms with Crippen LogP contribution in [0, 0.1) is 5.92 Å². The van der Waals surface area contributed by atoms with Gasteiger partial charge in [0, 0.05) is 18.9 Å². The van der Waals surface area contributed by atoms with Gasteiger partial charge in [-0.15, -0.1) is 0 Å². The van der Waals surface area contributed by atoms with Gasteiger partial charge in [0.25, 0.3) is 11.7 Å². The molecule has 1 aromatic rings. The second kappa shape index (κ2) is 5.31. The Labute approximate surface area is 122 Å². The number of nitrogens with zero attached hydrogens (tertiary/aromatic N) is 1. The number of hydrogen-bond acceptors (Lipinski definition) is 4. The first-order valence-corrected chi connectivity index (χ1v) is 7.18. The average Bonchev–Trinajstić information content (AvgIpc) is 3.00. The van der Waals surface area contributed by atoms with Crippen LogP contribution in [0.5, 0.6) is 5.75 Å². The van der Waals surface area contributed by atoms with Gasteiger partial charge < -0.3 is 9.64 Å². The molecule has 1 saturated carbocycles. The molecule has 1 aliphatic carbocycles. The van der Waals surface area contributed by atoms with Gasteiger partial charge in [-0.2, -0.15) is 0 Å². The van der Waals surface area contributed by atoms with E-state index in [2.05, 4.69) is 0 Å². The van der Waals surface area contributed by atoms with Crippen molar-refractivity contribution in [3.63, 3.8) is 0 Å². The molecule has 0 bridgehead atoms. The molecule has 1 atom stereocenters. The lowest BCUT2D eigenvalue weighted by Gasteiger charge is -2.18. The van der Waals surface area contributed by atoms with Crippen LogP contribution in [-0.4, -0.2) is 31.1 Å². The first-order chi connectivity index (χ1) is 10.1. The number of hydrogen-bond donors (Lipinski definition) is 0. The van der Waals surface area contributed by atoms with Gasteiger partial charge in [0.15, 0.2) is 0 Å². The zero-order valence-electron chi connectivity index (χ0n) is 11.9. The van der Waals surface area contributed by atoms with E-state index in [1.165, 1.54) is 12.0 Å². The number of carbonyl (C=O) groups is 3. The molecule has 2 aliphatic rings. The molecule has 1 fully saturated rings. The minimum atomic E-state index is -0.510. The summed E-state index contributed by atoms with van der Waals surface area (Å²) in [6, 6.07) is 5.06. The Morgan fingerprint density at radius 3 is 2.76 bits per heavy atom. The summed E-state index contributed by atoms with van der Waals surface area (Å²) in [7, 11) is 1.52. The summed E-state index contributed by atoms with van der Waals surface area (Å²) < 4.78 is 5.09. The predicted octanol–water partition coefficient (Wildman–Crippen LogP) is 1.98. The van der Waals surface area contributed by atoms with Crippen molar-refractivity contribution in [2.75, 3.05) is 18.6 Å². The normalized spacial score (nSPS) is 21.1. The fourth-order valence-electron chi connectivity index (χ4n) is 3.11. The van der Waals surface area contributed by atoms with Crippen LogP contribution in [0.1, 0.15) is 36.0 Å². The highest BCUT2D eigenvalue weighted by molar-refractivity contribution is 6.52. The average molecular weight is 287 g/mol. The van der Waals surface area contributed by atoms with Gasteiger partial charge in [0.05, 0.1) is 18.4 Å². The van der Waals surface area contributed by atoms with E-state index in [4.69, 9.17) is 4.74 Å². The number of ketones is 2. The van der Waals surface area contributed by atoms with Crippen molar-refractivity contribution in [3.05, 3.63) is 23.8 Å². The van der Waals surface area contributed by atoms with Crippen LogP contribution in [-0.2, 0) is 9.59 Å². The molecular formula is C16H17NO4. The highest BCUT2D eigenvalue weighted by Crippen LogP contribution is 2.33. The second-order valence-electron chi connectivity index (χ2n) is 5.51. The smallest absolute Gasteiger partial charge is 0.299 e. The maximum absolute atomic E-state index is 12.1. The number of anilines is 1. The van der Waals surface area contributed by atoms with Crippen molar-refractivity contribution in [2.24, 2.45) is 5.92 Å². The summed E-state index contributed by atoms with van der Waals surface area (Å²) in [5.74, 6) is -0.133. The molecular weight excluding hydrogens is 270 g/mol. The topological polar surface area (TPSA) is 63.7 Å². The van der Waals surface area contributed by atoms with Gasteiger partial charge in [-0.25, -0.2) is 0 Å². The first kappa shape index (κ1) is 13.8. The van der Waals surface area contributed by atoms with Crippen molar-refractivity contribution < 1.29 is 19.1 Å². The largest absolute Gasteiger partial charge is 0.497 e. The van der Waals surface area contributed by atoms with Crippen LogP contribution in [0.2, 0.25) is 0 Å². The van der Waals surface area contributed by atoms with Crippen molar-refractivity contribution in [1.82, 2.24) is 0 Å². The van der Waals surface area contributed by atoms with Crippen LogP contribution in [0.4, 0.5) is 5.69 Å². The first-order valence-electron chi connectivity index (χ1n) is 7.18. The van der Waals surface area contributed by atoms with E-state index in [-0.39, 0.29) is 11.7 Å². The Hall–Kier alpha value is -2.17. The number of ether oxygens (including phenoxy) is 1. The highest BCUT2D eigenvalue weighted by atomic mass is 16.5. The molecule has 0 saturated heterocycles. The van der Waals surface area contributed by atoms with Crippen LogP contribution in [0.3, 0.4) is 0 Å². The standard InChI is InChI=1S/C16H17NO4/c1-21-11-5-6-13-12(9-11)15(19)16(20)17(13)8-7-10-3-2-4-14(10)18/h5-6,9-10H,2-4,7-8H2,1H3. The number of rotatable bonds is 4. The van der Waals surface area contributed by atoms with Crippen LogP contribution in [0.25, 0.3) is 0 Å². The minimum absolute atomic E-state index is 0.0372. The molecule has 1 aliphatic heterocycles. The van der Waals surface area contributed by atoms with Crippen molar-refractivity contribution in [3.8, 4) is 5.75 Å². The summed E-state index contributed by atoms with van der Waals surface area (Å²) in [5, 5.41) is 0. The van der Waals surface area contributed by atoms with E-state index >= 15 is 0 Å². The Balaban J connectivity index is 1.79. The molecule has 21 heavy (non-hydrogen) atoms. The Morgan fingerprint density at radius 2 is 2.10 bits per heavy atom. The molecule has 0 spiro atoms. The number of amides is 1. The zero-order valence-corrected chi connectivity index (χ0v) is 11.9. The van der Waals surface area contributed by atoms with Crippen molar-refractivity contribution >= 4 is 23.2 Å². The zero-order chi connectivity index (χ0) is 15.0. The predicted molar refractivity (Wildman–Crippen MR) is 76.6 cm³/mol. The van der Waals surface area contributed by atoms with Crippen molar-refractivity contribution in [1.29, 1.82) is 0 Å². The Bertz CT molecular complexity index is 623. The number of Topliss-reactive ketones (excluding diaryl/α,β-unsaturated/α-hetero) is 2. The third-order valence-electron chi connectivity index (χ3n) is 4.31. The van der Waals surface area contributed by atoms with E-state index in [0.29, 0.717) is 36.4 Å². The molecule has 110 valence electrons. The molecule has 1 heterocycles. The molecule has 0 aromatic heterocycles. The van der Waals surface area contributed by atoms with Gasteiger partial charge in [0.1, 0.15) is 11.5 Å². The fourth-order valence-corrected chi connectivity index (χ4v) is 3.11. The minimum Gasteiger partial charge on any atom is -0.497 e. The molecule has 1 unspecified atom stereocenters. The summed E-state index contributed by atoms with van der Waals surface area (Å²) in [5.41, 5.74) is 1.01. The van der Waals surface area contributed by atoms with E-state index in [9.17, 15) is 14.4 Å². The lowest BCUT2D eigenvalue weighted by atomic mass is 10.0. The van der Waals surface area contributed by atoms with E-state index in [1.807, 2.05) is 0 Å². The van der Waals surface area contributed by atoms with Gasteiger partial charge in [-0.1, -0.05) is 0 Å². The molecule has 1 amide bonds. The Morgan fingerprint density at radius 1 is 1.29 bits per heavy atom. The summed E-state index contributed by atoms with van der Waals surface area (Å²) >= 11 is 0. The van der Waals surface area contributed by atoms with Gasteiger partial charge in [-0.3, -0.25) is 14.4 Å². The highest BCUT2D eigenvalue weighted by Gasteiger charge is 2.36. The Kier molecular flexibility index (Phi) is 3.49. The third kappa shape index (κ3) is 2.33. The molecule has 0 radical (unpaired) electrons. The SMILES string of the molecule is COc1ccc2c(c1)C(=O)C(=O)N2CCC1CCCC1=O. The maximum Gasteiger partial charge on any atom is 0.299 e. The van der Waals surface area contributed by atoms with Gasteiger partial charge in [0.2, 0.25) is 0 Å². The number of carbonyl (C=O) groups excluding carboxylic acids is 3. The lowest BCUT2D eigenvalue weighted by molar-refractivity contribution is -0.121. The molecule has 1 aromatic carbocycles. The molecule has 3 rings (SSSR count). The summed E-state index contributed by atoms with van der Waals surface area (Å²) in [6.07, 6.45) is 3.10. The van der Waals surface area contributed by atoms with Crippen LogP contribution in [0.15, 0.2) is 18.2 Å². The van der Waals surface area contributed by atoms with Gasteiger partial charge >= 0.3 is 0 Å². The van der Waals surface area contributed by atoms with Crippen LogP contribution >= 0.6 is 0 Å². The monoisotopic (exact) mass is 287 g/mol. The maximum atomic E-state index is 12.1. The van der Waals surface area contributed by atoms with Gasteiger partial charge in [-0.05, 0) is 37.5 Å². The summed E-state index contributed by atoms with van der Waals surface area (Å²) in [4.78, 5) is 37.3. The fraction of sp³-hybridized carbons (Fsp3) is 0.438. The number of benzene rings is 1. The van der Waals surface area contributed by atoms with E-state index < -0.39 is 11.7 Å². The third-order valence-corrected chi connectivity index (χ3v) is 4.31.